The van der Waals surface area contributed by atoms with E-state index in [-0.39, 0.29) is 30.4 Å². The van der Waals surface area contributed by atoms with Crippen LogP contribution < -0.4 is 4.90 Å². The smallest absolute Gasteiger partial charge is 0.258 e. The minimum atomic E-state index is -3.93. The van der Waals surface area contributed by atoms with Crippen LogP contribution in [0.5, 0.6) is 0 Å². The average molecular weight is 533 g/mol. The third-order valence-electron chi connectivity index (χ3n) is 6.98. The molecule has 0 unspecified atom stereocenters. The molecular formula is C29H29FN4O3S. The molecule has 0 atom stereocenters. The van der Waals surface area contributed by atoms with Gasteiger partial charge in [-0.15, -0.1) is 0 Å². The van der Waals surface area contributed by atoms with E-state index in [9.17, 15) is 17.6 Å². The van der Waals surface area contributed by atoms with E-state index in [4.69, 9.17) is 5.10 Å². The summed E-state index contributed by atoms with van der Waals surface area (Å²) in [5.41, 5.74) is 5.14. The zero-order valence-corrected chi connectivity index (χ0v) is 22.4. The Balaban J connectivity index is 1.50. The number of hydrogen-bond donors (Lipinski definition) is 0. The normalized spacial score (nSPS) is 13.8. The number of hydrogen-bond acceptors (Lipinski definition) is 4. The summed E-state index contributed by atoms with van der Waals surface area (Å²) in [5.74, 6) is -0.770. The minimum Gasteiger partial charge on any atom is -0.302 e. The number of benzene rings is 3. The number of para-hydroxylation sites is 1. The lowest BCUT2D eigenvalue weighted by Gasteiger charge is -2.28. The van der Waals surface area contributed by atoms with Crippen molar-refractivity contribution in [3.05, 3.63) is 112 Å². The standard InChI is InChI=1S/C29H29FN4O3S/c1-20-9-12-22(13-10-20)29(35)34(24-7-5-4-6-8-24)19-26-25-18-33(16-15-27(25)32(3)31-26)38(36,37)28-17-23(30)14-11-21(28)2/h4-14,17H,15-16,18-19H2,1-3H3. The second kappa shape index (κ2) is 10.2. The summed E-state index contributed by atoms with van der Waals surface area (Å²) in [6.07, 6.45) is 0.462. The van der Waals surface area contributed by atoms with Gasteiger partial charge in [-0.2, -0.15) is 9.40 Å². The van der Waals surface area contributed by atoms with Crippen molar-refractivity contribution in [1.29, 1.82) is 0 Å². The molecule has 0 fully saturated rings. The van der Waals surface area contributed by atoms with Crippen LogP contribution in [-0.2, 0) is 36.6 Å². The van der Waals surface area contributed by atoms with Crippen LogP contribution >= 0.6 is 0 Å². The number of amides is 1. The third kappa shape index (κ3) is 4.87. The number of rotatable bonds is 6. The molecule has 2 heterocycles. The lowest BCUT2D eigenvalue weighted by Crippen LogP contribution is -2.37. The largest absolute Gasteiger partial charge is 0.302 e. The molecule has 1 aliphatic rings. The molecule has 0 aliphatic carbocycles. The minimum absolute atomic E-state index is 0.0353. The number of aromatic nitrogens is 2. The average Bonchev–Trinajstić information content (AvgIpc) is 3.23. The lowest BCUT2D eigenvalue weighted by molar-refractivity contribution is 0.0984. The van der Waals surface area contributed by atoms with E-state index < -0.39 is 15.8 Å². The summed E-state index contributed by atoms with van der Waals surface area (Å²) in [5, 5.41) is 4.71. The molecule has 5 rings (SSSR count). The highest BCUT2D eigenvalue weighted by Gasteiger charge is 2.34. The van der Waals surface area contributed by atoms with E-state index in [0.717, 1.165) is 22.9 Å². The molecule has 0 saturated carbocycles. The van der Waals surface area contributed by atoms with E-state index in [1.54, 1.807) is 28.6 Å². The Labute approximate surface area is 222 Å². The highest BCUT2D eigenvalue weighted by molar-refractivity contribution is 7.89. The Morgan fingerprint density at radius 2 is 1.74 bits per heavy atom. The first-order valence-corrected chi connectivity index (χ1v) is 13.8. The number of fused-ring (bicyclic) bond motifs is 1. The van der Waals surface area contributed by atoms with Gasteiger partial charge < -0.3 is 4.90 Å². The number of carbonyl (C=O) groups excluding carboxylic acids is 1. The molecular weight excluding hydrogens is 503 g/mol. The van der Waals surface area contributed by atoms with Crippen LogP contribution in [0.4, 0.5) is 10.1 Å². The van der Waals surface area contributed by atoms with Crippen LogP contribution in [0.3, 0.4) is 0 Å². The summed E-state index contributed by atoms with van der Waals surface area (Å²) in [6, 6.07) is 20.6. The van der Waals surface area contributed by atoms with Gasteiger partial charge in [0, 0.05) is 49.1 Å². The maximum atomic E-state index is 14.0. The molecule has 4 aromatic rings. The molecule has 7 nitrogen and oxygen atoms in total. The summed E-state index contributed by atoms with van der Waals surface area (Å²) in [6.45, 7) is 4.15. The Morgan fingerprint density at radius 3 is 2.45 bits per heavy atom. The summed E-state index contributed by atoms with van der Waals surface area (Å²) in [7, 11) is -2.10. The van der Waals surface area contributed by atoms with Gasteiger partial charge in [-0.05, 0) is 55.8 Å². The highest BCUT2D eigenvalue weighted by atomic mass is 32.2. The van der Waals surface area contributed by atoms with E-state index >= 15 is 0 Å². The van der Waals surface area contributed by atoms with Crippen LogP contribution in [0, 0.1) is 19.7 Å². The molecule has 38 heavy (non-hydrogen) atoms. The van der Waals surface area contributed by atoms with Crippen molar-refractivity contribution in [2.45, 2.75) is 38.3 Å². The first-order valence-electron chi connectivity index (χ1n) is 12.4. The van der Waals surface area contributed by atoms with Crippen LogP contribution in [-0.4, -0.2) is 35.0 Å². The molecule has 0 bridgehead atoms. The first-order chi connectivity index (χ1) is 18.1. The van der Waals surface area contributed by atoms with Crippen molar-refractivity contribution in [3.8, 4) is 0 Å². The molecule has 0 radical (unpaired) electrons. The fraction of sp³-hybridized carbons (Fsp3) is 0.241. The van der Waals surface area contributed by atoms with Gasteiger partial charge in [-0.3, -0.25) is 9.48 Å². The molecule has 1 aromatic heterocycles. The van der Waals surface area contributed by atoms with Crippen molar-refractivity contribution in [2.75, 3.05) is 11.4 Å². The monoisotopic (exact) mass is 532 g/mol. The Bertz CT molecular complexity index is 1600. The highest BCUT2D eigenvalue weighted by Crippen LogP contribution is 2.30. The van der Waals surface area contributed by atoms with Gasteiger partial charge in [-0.1, -0.05) is 42.0 Å². The van der Waals surface area contributed by atoms with E-state index in [2.05, 4.69) is 0 Å². The summed E-state index contributed by atoms with van der Waals surface area (Å²) in [4.78, 5) is 15.3. The Kier molecular flexibility index (Phi) is 6.90. The van der Waals surface area contributed by atoms with E-state index in [1.807, 2.05) is 56.4 Å². The quantitative estimate of drug-likeness (QED) is 0.359. The van der Waals surface area contributed by atoms with Crippen molar-refractivity contribution < 1.29 is 17.6 Å². The number of halogens is 1. The lowest BCUT2D eigenvalue weighted by atomic mass is 10.1. The van der Waals surface area contributed by atoms with Crippen molar-refractivity contribution >= 4 is 21.6 Å². The number of anilines is 1. The Morgan fingerprint density at radius 1 is 1.03 bits per heavy atom. The molecule has 1 aliphatic heterocycles. The predicted octanol–water partition coefficient (Wildman–Crippen LogP) is 4.77. The van der Waals surface area contributed by atoms with E-state index in [1.165, 1.54) is 16.4 Å². The Hall–Kier alpha value is -3.82. The topological polar surface area (TPSA) is 75.5 Å². The molecule has 1 amide bonds. The summed E-state index contributed by atoms with van der Waals surface area (Å²) < 4.78 is 44.1. The van der Waals surface area contributed by atoms with Crippen LogP contribution in [0.1, 0.15) is 38.4 Å². The van der Waals surface area contributed by atoms with Gasteiger partial charge in [0.15, 0.2) is 0 Å². The SMILES string of the molecule is Cc1ccc(C(=O)N(Cc2nn(C)c3c2CN(S(=O)(=O)c2cc(F)ccc2C)CC3)c2ccccc2)cc1. The molecule has 3 aromatic carbocycles. The zero-order chi connectivity index (χ0) is 27.0. The molecule has 0 saturated heterocycles. The predicted molar refractivity (Wildman–Crippen MR) is 144 cm³/mol. The number of sulfonamides is 1. The van der Waals surface area contributed by atoms with Crippen LogP contribution in [0.2, 0.25) is 0 Å². The fourth-order valence-electron chi connectivity index (χ4n) is 4.86. The maximum absolute atomic E-state index is 14.0. The van der Waals surface area contributed by atoms with E-state index in [0.29, 0.717) is 28.9 Å². The number of nitrogens with zero attached hydrogens (tertiary/aromatic N) is 4. The van der Waals surface area contributed by atoms with Crippen LogP contribution in [0.25, 0.3) is 0 Å². The van der Waals surface area contributed by atoms with Crippen LogP contribution in [0.15, 0.2) is 77.7 Å². The number of aryl methyl sites for hydroxylation is 3. The number of carbonyl (C=O) groups is 1. The molecule has 0 spiro atoms. The van der Waals surface area contributed by atoms with Gasteiger partial charge >= 0.3 is 0 Å². The van der Waals surface area contributed by atoms with Crippen molar-refractivity contribution in [2.24, 2.45) is 7.05 Å². The summed E-state index contributed by atoms with van der Waals surface area (Å²) >= 11 is 0. The van der Waals surface area contributed by atoms with Gasteiger partial charge in [0.2, 0.25) is 10.0 Å². The second-order valence-electron chi connectivity index (χ2n) is 9.59. The fourth-order valence-corrected chi connectivity index (χ4v) is 6.50. The molecule has 0 N–H and O–H groups in total. The van der Waals surface area contributed by atoms with Gasteiger partial charge in [0.1, 0.15) is 5.82 Å². The second-order valence-corrected chi connectivity index (χ2v) is 11.5. The van der Waals surface area contributed by atoms with Crippen molar-refractivity contribution in [3.63, 3.8) is 0 Å². The van der Waals surface area contributed by atoms with Crippen molar-refractivity contribution in [1.82, 2.24) is 14.1 Å². The molecule has 196 valence electrons. The maximum Gasteiger partial charge on any atom is 0.258 e. The first kappa shape index (κ1) is 25.8. The molecule has 9 heteroatoms. The van der Waals surface area contributed by atoms with Gasteiger partial charge in [0.25, 0.3) is 5.91 Å². The zero-order valence-electron chi connectivity index (χ0n) is 21.6. The van der Waals surface area contributed by atoms with Gasteiger partial charge in [0.05, 0.1) is 17.1 Å². The third-order valence-corrected chi connectivity index (χ3v) is 8.97. The van der Waals surface area contributed by atoms with Gasteiger partial charge in [-0.25, -0.2) is 12.8 Å².